The number of aromatic nitrogens is 2. The molecule has 1 fully saturated rings. The molecule has 3 rings (SSSR count). The van der Waals surface area contributed by atoms with Crippen molar-refractivity contribution in [2.45, 2.75) is 50.6 Å². The fourth-order valence-electron chi connectivity index (χ4n) is 3.77. The molecule has 1 aliphatic rings. The lowest BCUT2D eigenvalue weighted by Gasteiger charge is -2.40. The quantitative estimate of drug-likeness (QED) is 0.765. The van der Waals surface area contributed by atoms with Gasteiger partial charge in [-0.25, -0.2) is 0 Å². The second-order valence-corrected chi connectivity index (χ2v) is 7.49. The highest BCUT2D eigenvalue weighted by Gasteiger charge is 2.35. The lowest BCUT2D eigenvalue weighted by molar-refractivity contribution is 0.250. The number of nitrogens with zero attached hydrogens (tertiary/aromatic N) is 2. The molecule has 7 heteroatoms. The molecule has 26 heavy (non-hydrogen) atoms. The molecule has 146 valence electrons. The van der Waals surface area contributed by atoms with E-state index in [4.69, 9.17) is 17.3 Å². The van der Waals surface area contributed by atoms with Crippen LogP contribution in [0.5, 0.6) is 0 Å². The van der Waals surface area contributed by atoms with Crippen molar-refractivity contribution in [2.24, 2.45) is 12.8 Å². The van der Waals surface area contributed by atoms with Crippen LogP contribution in [0.1, 0.15) is 42.6 Å². The van der Waals surface area contributed by atoms with E-state index in [0.29, 0.717) is 12.6 Å². The maximum atomic E-state index is 6.18. The molecule has 1 aromatic heterocycles. The molecule has 0 radical (unpaired) electrons. The van der Waals surface area contributed by atoms with Gasteiger partial charge in [0, 0.05) is 42.3 Å². The van der Waals surface area contributed by atoms with Crippen molar-refractivity contribution in [3.8, 4) is 0 Å². The summed E-state index contributed by atoms with van der Waals surface area (Å²) < 4.78 is 1.93. The standard InChI is InChI=1S/C19H27ClN4.2ClH/c1-14-10-18(23-24(14)2)12-22-17-6-8-19(13-21,9-7-17)15-4-3-5-16(20)11-15;;/h3-5,10-11,17,22H,6-9,12-13,21H2,1-2H3;2*1H/t17-,19+;;. The minimum absolute atomic E-state index is 0. The van der Waals surface area contributed by atoms with Gasteiger partial charge in [-0.15, -0.1) is 24.8 Å². The maximum Gasteiger partial charge on any atom is 0.0765 e. The van der Waals surface area contributed by atoms with Crippen LogP contribution in [0.3, 0.4) is 0 Å². The van der Waals surface area contributed by atoms with Crippen molar-refractivity contribution in [3.63, 3.8) is 0 Å². The zero-order valence-corrected chi connectivity index (χ0v) is 17.8. The summed E-state index contributed by atoms with van der Waals surface area (Å²) in [5, 5.41) is 8.97. The largest absolute Gasteiger partial charge is 0.330 e. The van der Waals surface area contributed by atoms with Crippen molar-refractivity contribution < 1.29 is 0 Å². The van der Waals surface area contributed by atoms with E-state index in [1.54, 1.807) is 0 Å². The molecular weight excluding hydrogens is 391 g/mol. The van der Waals surface area contributed by atoms with E-state index in [1.807, 2.05) is 23.9 Å². The molecule has 1 heterocycles. The van der Waals surface area contributed by atoms with E-state index < -0.39 is 0 Å². The van der Waals surface area contributed by atoms with Crippen LogP contribution in [0.15, 0.2) is 30.3 Å². The van der Waals surface area contributed by atoms with Crippen LogP contribution in [-0.4, -0.2) is 22.4 Å². The molecular formula is C19H29Cl3N4. The van der Waals surface area contributed by atoms with Crippen LogP contribution in [0.25, 0.3) is 0 Å². The van der Waals surface area contributed by atoms with Crippen molar-refractivity contribution in [3.05, 3.63) is 52.3 Å². The number of nitrogens with one attached hydrogen (secondary N) is 1. The number of hydrogen-bond donors (Lipinski definition) is 2. The summed E-state index contributed by atoms with van der Waals surface area (Å²) in [7, 11) is 1.99. The number of halogens is 3. The second-order valence-electron chi connectivity index (χ2n) is 7.05. The van der Waals surface area contributed by atoms with Crippen molar-refractivity contribution in [2.75, 3.05) is 6.54 Å². The van der Waals surface area contributed by atoms with E-state index >= 15 is 0 Å². The van der Waals surface area contributed by atoms with Gasteiger partial charge in [0.05, 0.1) is 5.69 Å². The Kier molecular flexibility index (Phi) is 8.90. The van der Waals surface area contributed by atoms with Crippen molar-refractivity contribution >= 4 is 36.4 Å². The monoisotopic (exact) mass is 418 g/mol. The Morgan fingerprint density at radius 2 is 1.96 bits per heavy atom. The second kappa shape index (κ2) is 9.95. The highest BCUT2D eigenvalue weighted by Crippen LogP contribution is 2.39. The number of benzene rings is 1. The predicted octanol–water partition coefficient (Wildman–Crippen LogP) is 4.15. The van der Waals surface area contributed by atoms with E-state index in [1.165, 1.54) is 11.3 Å². The summed E-state index contributed by atoms with van der Waals surface area (Å²) in [5.74, 6) is 0. The van der Waals surface area contributed by atoms with Crippen LogP contribution in [0.4, 0.5) is 0 Å². The van der Waals surface area contributed by atoms with Gasteiger partial charge < -0.3 is 11.1 Å². The predicted molar refractivity (Wildman–Crippen MR) is 114 cm³/mol. The average Bonchev–Trinajstić information content (AvgIpc) is 2.92. The van der Waals surface area contributed by atoms with Gasteiger partial charge in [0.1, 0.15) is 0 Å². The van der Waals surface area contributed by atoms with Gasteiger partial charge >= 0.3 is 0 Å². The molecule has 0 aliphatic heterocycles. The van der Waals surface area contributed by atoms with Gasteiger partial charge in [-0.3, -0.25) is 4.68 Å². The summed E-state index contributed by atoms with van der Waals surface area (Å²) >= 11 is 6.18. The number of hydrogen-bond acceptors (Lipinski definition) is 3. The zero-order chi connectivity index (χ0) is 17.2. The highest BCUT2D eigenvalue weighted by atomic mass is 35.5. The van der Waals surface area contributed by atoms with Crippen LogP contribution in [0.2, 0.25) is 5.02 Å². The molecule has 1 aliphatic carbocycles. The molecule has 0 unspecified atom stereocenters. The third kappa shape index (κ3) is 5.14. The first kappa shape index (κ1) is 23.3. The molecule has 0 spiro atoms. The van der Waals surface area contributed by atoms with E-state index in [-0.39, 0.29) is 30.2 Å². The first-order valence-corrected chi connectivity index (χ1v) is 9.09. The topological polar surface area (TPSA) is 55.9 Å². The smallest absolute Gasteiger partial charge is 0.0765 e. The minimum Gasteiger partial charge on any atom is -0.330 e. The molecule has 1 saturated carbocycles. The summed E-state index contributed by atoms with van der Waals surface area (Å²) in [6, 6.07) is 10.9. The first-order chi connectivity index (χ1) is 11.5. The zero-order valence-electron chi connectivity index (χ0n) is 15.4. The van der Waals surface area contributed by atoms with Crippen LogP contribution in [0, 0.1) is 6.92 Å². The van der Waals surface area contributed by atoms with Gasteiger partial charge in [-0.05, 0) is 56.4 Å². The Balaban J connectivity index is 0.00000169. The number of nitrogens with two attached hydrogens (primary N) is 1. The minimum atomic E-state index is 0. The molecule has 4 nitrogen and oxygen atoms in total. The van der Waals surface area contributed by atoms with Gasteiger partial charge in [0.25, 0.3) is 0 Å². The number of aryl methyl sites for hydroxylation is 2. The fourth-order valence-corrected chi connectivity index (χ4v) is 3.96. The Labute approximate surface area is 173 Å². The fraction of sp³-hybridized carbons (Fsp3) is 0.526. The summed E-state index contributed by atoms with van der Waals surface area (Å²) in [4.78, 5) is 0. The van der Waals surface area contributed by atoms with Crippen LogP contribution >= 0.6 is 36.4 Å². The van der Waals surface area contributed by atoms with Crippen LogP contribution < -0.4 is 11.1 Å². The summed E-state index contributed by atoms with van der Waals surface area (Å²) in [6.45, 7) is 3.59. The Morgan fingerprint density at radius 3 is 2.50 bits per heavy atom. The van der Waals surface area contributed by atoms with Crippen molar-refractivity contribution in [1.82, 2.24) is 15.1 Å². The van der Waals surface area contributed by atoms with E-state index in [2.05, 4.69) is 35.5 Å². The summed E-state index contributed by atoms with van der Waals surface area (Å²) in [6.07, 6.45) is 4.47. The Bertz CT molecular complexity index is 674. The van der Waals surface area contributed by atoms with Crippen LogP contribution in [-0.2, 0) is 19.0 Å². The average molecular weight is 420 g/mol. The Hall–Kier alpha value is -0.780. The molecule has 0 bridgehead atoms. The van der Waals surface area contributed by atoms with Gasteiger partial charge in [0.2, 0.25) is 0 Å². The maximum absolute atomic E-state index is 6.18. The molecule has 3 N–H and O–H groups in total. The Morgan fingerprint density at radius 1 is 1.27 bits per heavy atom. The van der Waals surface area contributed by atoms with Gasteiger partial charge in [0.15, 0.2) is 0 Å². The molecule has 0 saturated heterocycles. The summed E-state index contributed by atoms with van der Waals surface area (Å²) in [5.41, 5.74) is 9.84. The molecule has 0 amide bonds. The third-order valence-corrected chi connectivity index (χ3v) is 5.74. The highest BCUT2D eigenvalue weighted by molar-refractivity contribution is 6.30. The SMILES string of the molecule is Cc1cc(CN[C@H]2CC[C@@](CN)(c3cccc(Cl)c3)CC2)nn1C.Cl.Cl. The number of rotatable bonds is 5. The van der Waals surface area contributed by atoms with Crippen molar-refractivity contribution in [1.29, 1.82) is 0 Å². The molecule has 0 atom stereocenters. The van der Waals surface area contributed by atoms with Gasteiger partial charge in [-0.1, -0.05) is 23.7 Å². The molecule has 2 aromatic rings. The van der Waals surface area contributed by atoms with Gasteiger partial charge in [-0.2, -0.15) is 5.10 Å². The molecule has 1 aromatic carbocycles. The normalized spacial score (nSPS) is 22.4. The van der Waals surface area contributed by atoms with E-state index in [0.717, 1.165) is 42.9 Å². The lowest BCUT2D eigenvalue weighted by Crippen LogP contribution is -2.43. The van der Waals surface area contributed by atoms with E-state index in [9.17, 15) is 0 Å². The first-order valence-electron chi connectivity index (χ1n) is 8.71. The lowest BCUT2D eigenvalue weighted by atomic mass is 9.68. The third-order valence-electron chi connectivity index (χ3n) is 5.51.